The molecule has 1 unspecified atom stereocenters. The van der Waals surface area contributed by atoms with Crippen LogP contribution in [0, 0.1) is 18.6 Å². The van der Waals surface area contributed by atoms with Crippen LogP contribution in [-0.2, 0) is 11.3 Å². The smallest absolute Gasteiger partial charge is 0.294 e. The molecule has 0 saturated carbocycles. The zero-order valence-electron chi connectivity index (χ0n) is 21.9. The first-order chi connectivity index (χ1) is 18.7. The van der Waals surface area contributed by atoms with E-state index in [1.807, 2.05) is 37.3 Å². The average molecular weight is 530 g/mol. The minimum absolute atomic E-state index is 0.0381. The van der Waals surface area contributed by atoms with Crippen LogP contribution in [-0.4, -0.2) is 35.1 Å². The SMILES string of the molecule is CN[C@@H](C)C(=O)Nc1ncc(-c2ccccc2C)n(Cc2cc(F)cc(C3CNc4ccc(F)cc43)c2)c1=O. The van der Waals surface area contributed by atoms with Gasteiger partial charge in [-0.1, -0.05) is 30.3 Å². The summed E-state index contributed by atoms with van der Waals surface area (Å²) < 4.78 is 30.4. The predicted molar refractivity (Wildman–Crippen MR) is 148 cm³/mol. The van der Waals surface area contributed by atoms with Gasteiger partial charge in [-0.3, -0.25) is 14.2 Å². The van der Waals surface area contributed by atoms with Gasteiger partial charge in [0.15, 0.2) is 5.82 Å². The number of aryl methyl sites for hydroxylation is 1. The lowest BCUT2D eigenvalue weighted by molar-refractivity contribution is -0.117. The topological polar surface area (TPSA) is 88.1 Å². The molecule has 7 nitrogen and oxygen atoms in total. The maximum Gasteiger partial charge on any atom is 0.294 e. The first kappa shape index (κ1) is 26.2. The van der Waals surface area contributed by atoms with Crippen LogP contribution in [0.3, 0.4) is 0 Å². The predicted octanol–water partition coefficient (Wildman–Crippen LogP) is 4.65. The van der Waals surface area contributed by atoms with Crippen molar-refractivity contribution in [3.8, 4) is 11.3 Å². The van der Waals surface area contributed by atoms with Gasteiger partial charge in [0, 0.05) is 23.7 Å². The van der Waals surface area contributed by atoms with Crippen LogP contribution >= 0.6 is 0 Å². The van der Waals surface area contributed by atoms with E-state index in [9.17, 15) is 18.4 Å². The summed E-state index contributed by atoms with van der Waals surface area (Å²) in [7, 11) is 1.64. The molecular weight excluding hydrogens is 500 g/mol. The van der Waals surface area contributed by atoms with E-state index in [1.54, 1.807) is 26.2 Å². The quantitative estimate of drug-likeness (QED) is 0.325. The average Bonchev–Trinajstić information content (AvgIpc) is 3.34. The molecule has 3 aromatic carbocycles. The van der Waals surface area contributed by atoms with Gasteiger partial charge in [-0.05, 0) is 73.5 Å². The second-order valence-electron chi connectivity index (χ2n) is 9.76. The largest absolute Gasteiger partial charge is 0.384 e. The number of anilines is 2. The highest BCUT2D eigenvalue weighted by Gasteiger charge is 2.25. The van der Waals surface area contributed by atoms with Crippen LogP contribution < -0.4 is 21.5 Å². The number of likely N-dealkylation sites (N-methyl/N-ethyl adjacent to an activating group) is 1. The molecule has 0 radical (unpaired) electrons. The summed E-state index contributed by atoms with van der Waals surface area (Å²) in [5.41, 5.74) is 4.57. The number of amides is 1. The fourth-order valence-corrected chi connectivity index (χ4v) is 4.91. The Morgan fingerprint density at radius 1 is 1.13 bits per heavy atom. The van der Waals surface area contributed by atoms with Crippen molar-refractivity contribution in [3.63, 3.8) is 0 Å². The van der Waals surface area contributed by atoms with Crippen LogP contribution in [0.4, 0.5) is 20.3 Å². The van der Waals surface area contributed by atoms with Crippen LogP contribution in [0.15, 0.2) is 71.7 Å². The monoisotopic (exact) mass is 529 g/mol. The molecule has 1 aliphatic heterocycles. The highest BCUT2D eigenvalue weighted by Crippen LogP contribution is 2.37. The van der Waals surface area contributed by atoms with Gasteiger partial charge in [0.2, 0.25) is 5.91 Å². The number of hydrogen-bond acceptors (Lipinski definition) is 5. The van der Waals surface area contributed by atoms with Crippen molar-refractivity contribution in [1.29, 1.82) is 0 Å². The molecular formula is C30H29F2N5O2. The van der Waals surface area contributed by atoms with Gasteiger partial charge in [0.1, 0.15) is 11.6 Å². The van der Waals surface area contributed by atoms with E-state index in [0.29, 0.717) is 23.4 Å². The van der Waals surface area contributed by atoms with E-state index in [0.717, 1.165) is 22.4 Å². The van der Waals surface area contributed by atoms with Crippen molar-refractivity contribution in [2.24, 2.45) is 0 Å². The molecule has 0 saturated heterocycles. The van der Waals surface area contributed by atoms with Crippen molar-refractivity contribution in [2.75, 3.05) is 24.2 Å². The number of aromatic nitrogens is 2. The molecule has 0 spiro atoms. The lowest BCUT2D eigenvalue weighted by Gasteiger charge is -2.18. The Morgan fingerprint density at radius 2 is 1.92 bits per heavy atom. The van der Waals surface area contributed by atoms with E-state index in [2.05, 4.69) is 20.9 Å². The molecule has 1 aromatic heterocycles. The molecule has 0 aliphatic carbocycles. The molecule has 5 rings (SSSR count). The van der Waals surface area contributed by atoms with E-state index in [1.165, 1.54) is 28.8 Å². The molecule has 0 fully saturated rings. The Hall–Kier alpha value is -4.37. The van der Waals surface area contributed by atoms with Crippen molar-refractivity contribution in [3.05, 3.63) is 111 Å². The van der Waals surface area contributed by atoms with Crippen LogP contribution in [0.25, 0.3) is 11.3 Å². The van der Waals surface area contributed by atoms with Crippen molar-refractivity contribution >= 4 is 17.4 Å². The second kappa shape index (κ2) is 10.8. The summed E-state index contributed by atoms with van der Waals surface area (Å²) in [6, 6.07) is 16.3. The van der Waals surface area contributed by atoms with Crippen LogP contribution in [0.1, 0.15) is 35.1 Å². The third-order valence-corrected chi connectivity index (χ3v) is 7.15. The van der Waals surface area contributed by atoms with Gasteiger partial charge in [-0.2, -0.15) is 0 Å². The lowest BCUT2D eigenvalue weighted by atomic mass is 9.91. The summed E-state index contributed by atoms with van der Waals surface area (Å²) in [4.78, 5) is 30.4. The summed E-state index contributed by atoms with van der Waals surface area (Å²) in [5, 5.41) is 8.69. The first-order valence-corrected chi connectivity index (χ1v) is 12.7. The third kappa shape index (κ3) is 5.31. The maximum atomic E-state index is 14.9. The van der Waals surface area contributed by atoms with Crippen LogP contribution in [0.5, 0.6) is 0 Å². The molecule has 1 aliphatic rings. The van der Waals surface area contributed by atoms with Gasteiger partial charge in [-0.15, -0.1) is 0 Å². The molecule has 2 heterocycles. The highest BCUT2D eigenvalue weighted by atomic mass is 19.1. The maximum absolute atomic E-state index is 14.9. The fourth-order valence-electron chi connectivity index (χ4n) is 4.91. The Labute approximate surface area is 224 Å². The third-order valence-electron chi connectivity index (χ3n) is 7.15. The second-order valence-corrected chi connectivity index (χ2v) is 9.76. The molecule has 0 bridgehead atoms. The summed E-state index contributed by atoms with van der Waals surface area (Å²) in [5.74, 6) is -1.56. The zero-order valence-corrected chi connectivity index (χ0v) is 21.9. The number of halogens is 2. The van der Waals surface area contributed by atoms with Gasteiger partial charge < -0.3 is 16.0 Å². The standard InChI is InChI=1S/C30H29F2N5O2/c1-17-6-4-5-7-23(17)27-15-35-28(36-29(38)18(2)33-3)30(39)37(27)16-19-10-20(12-22(32)11-19)25-14-34-26-9-8-21(31)13-24(25)26/h4-13,15,18,25,33-34H,14,16H2,1-3H3,(H,35,36,38)/t18-,25?/m0/s1. The Balaban J connectivity index is 1.58. The Kier molecular flexibility index (Phi) is 7.26. The number of benzene rings is 3. The Morgan fingerprint density at radius 3 is 2.69 bits per heavy atom. The molecule has 3 N–H and O–H groups in total. The number of carbonyl (C=O) groups excluding carboxylic acids is 1. The van der Waals surface area contributed by atoms with Gasteiger partial charge in [0.25, 0.3) is 5.56 Å². The number of nitrogens with one attached hydrogen (secondary N) is 3. The van der Waals surface area contributed by atoms with E-state index in [4.69, 9.17) is 0 Å². The fraction of sp³-hybridized carbons (Fsp3) is 0.233. The minimum Gasteiger partial charge on any atom is -0.384 e. The van der Waals surface area contributed by atoms with Crippen molar-refractivity contribution in [2.45, 2.75) is 32.4 Å². The first-order valence-electron chi connectivity index (χ1n) is 12.7. The van der Waals surface area contributed by atoms with Crippen molar-refractivity contribution < 1.29 is 13.6 Å². The molecule has 2 atom stereocenters. The molecule has 4 aromatic rings. The minimum atomic E-state index is -0.533. The van der Waals surface area contributed by atoms with E-state index >= 15 is 0 Å². The van der Waals surface area contributed by atoms with Gasteiger partial charge >= 0.3 is 0 Å². The number of rotatable bonds is 7. The van der Waals surface area contributed by atoms with Gasteiger partial charge in [-0.25, -0.2) is 13.8 Å². The van der Waals surface area contributed by atoms with Gasteiger partial charge in [0.05, 0.1) is 24.5 Å². The van der Waals surface area contributed by atoms with E-state index < -0.39 is 23.3 Å². The zero-order chi connectivity index (χ0) is 27.7. The molecule has 1 amide bonds. The summed E-state index contributed by atoms with van der Waals surface area (Å²) in [6.07, 6.45) is 1.55. The van der Waals surface area contributed by atoms with E-state index in [-0.39, 0.29) is 24.1 Å². The van der Waals surface area contributed by atoms with Crippen molar-refractivity contribution in [1.82, 2.24) is 14.9 Å². The molecule has 200 valence electrons. The summed E-state index contributed by atoms with van der Waals surface area (Å²) >= 11 is 0. The molecule has 39 heavy (non-hydrogen) atoms. The van der Waals surface area contributed by atoms with Crippen LogP contribution in [0.2, 0.25) is 0 Å². The number of hydrogen-bond donors (Lipinski definition) is 3. The Bertz CT molecular complexity index is 1620. The number of carbonyl (C=O) groups is 1. The highest BCUT2D eigenvalue weighted by molar-refractivity contribution is 5.93. The number of nitrogens with zero attached hydrogens (tertiary/aromatic N) is 2. The molecule has 9 heteroatoms. The number of fused-ring (bicyclic) bond motifs is 1. The lowest BCUT2D eigenvalue weighted by Crippen LogP contribution is -2.38. The summed E-state index contributed by atoms with van der Waals surface area (Å²) in [6.45, 7) is 4.14. The normalized spacial score (nSPS) is 14.9.